The van der Waals surface area contributed by atoms with E-state index < -0.39 is 0 Å². The van der Waals surface area contributed by atoms with Gasteiger partial charge in [-0.25, -0.2) is 0 Å². The fraction of sp³-hybridized carbons (Fsp3) is 0.267. The van der Waals surface area contributed by atoms with Gasteiger partial charge < -0.3 is 5.32 Å². The predicted octanol–water partition coefficient (Wildman–Crippen LogP) is 4.18. The van der Waals surface area contributed by atoms with E-state index >= 15 is 0 Å². The monoisotopic (exact) mass is 337 g/mol. The van der Waals surface area contributed by atoms with Gasteiger partial charge in [0.05, 0.1) is 0 Å². The van der Waals surface area contributed by atoms with E-state index in [9.17, 15) is 4.79 Å². The third kappa shape index (κ3) is 3.91. The summed E-state index contributed by atoms with van der Waals surface area (Å²) in [6.07, 6.45) is 0.871. The number of nitrogens with one attached hydrogen (secondary N) is 1. The maximum absolute atomic E-state index is 12.1. The molecule has 0 bridgehead atoms. The quantitative estimate of drug-likeness (QED) is 0.890. The minimum atomic E-state index is -0.0234. The van der Waals surface area contributed by atoms with Gasteiger partial charge in [-0.1, -0.05) is 28.1 Å². The highest BCUT2D eigenvalue weighted by molar-refractivity contribution is 9.10. The van der Waals surface area contributed by atoms with Crippen LogP contribution in [0.2, 0.25) is 0 Å². The second-order valence-electron chi connectivity index (χ2n) is 4.62. The normalized spacial score (nSPS) is 12.2. The van der Waals surface area contributed by atoms with Gasteiger partial charge in [0.25, 0.3) is 5.91 Å². The van der Waals surface area contributed by atoms with Crippen LogP contribution in [-0.4, -0.2) is 11.9 Å². The van der Waals surface area contributed by atoms with E-state index in [0.717, 1.165) is 16.5 Å². The summed E-state index contributed by atoms with van der Waals surface area (Å²) in [5, 5.41) is 5.08. The minimum Gasteiger partial charge on any atom is -0.349 e. The highest BCUT2D eigenvalue weighted by Gasteiger charge is 2.11. The molecule has 1 amide bonds. The largest absolute Gasteiger partial charge is 0.349 e. The molecule has 4 heteroatoms. The van der Waals surface area contributed by atoms with E-state index in [2.05, 4.69) is 32.7 Å². The van der Waals surface area contributed by atoms with Gasteiger partial charge in [0.1, 0.15) is 0 Å². The van der Waals surface area contributed by atoms with Crippen molar-refractivity contribution in [2.24, 2.45) is 0 Å². The summed E-state index contributed by atoms with van der Waals surface area (Å²) < 4.78 is 0.964. The number of carbonyl (C=O) groups is 1. The van der Waals surface area contributed by atoms with Crippen molar-refractivity contribution >= 4 is 33.2 Å². The highest BCUT2D eigenvalue weighted by Crippen LogP contribution is 2.18. The van der Waals surface area contributed by atoms with E-state index in [1.807, 2.05) is 38.1 Å². The third-order valence-electron chi connectivity index (χ3n) is 2.90. The zero-order valence-electron chi connectivity index (χ0n) is 10.9. The van der Waals surface area contributed by atoms with Crippen LogP contribution in [0.15, 0.2) is 40.2 Å². The van der Waals surface area contributed by atoms with Crippen molar-refractivity contribution in [1.29, 1.82) is 0 Å². The molecule has 1 N–H and O–H groups in total. The molecular formula is C15H16BrNOS. The number of hydrogen-bond acceptors (Lipinski definition) is 2. The lowest BCUT2D eigenvalue weighted by Gasteiger charge is -2.13. The number of aryl methyl sites for hydroxylation is 1. The first-order valence-corrected chi connectivity index (χ1v) is 7.83. The van der Waals surface area contributed by atoms with Crippen molar-refractivity contribution in [2.45, 2.75) is 26.3 Å². The zero-order valence-corrected chi connectivity index (χ0v) is 13.3. The molecule has 1 unspecified atom stereocenters. The molecule has 2 nitrogen and oxygen atoms in total. The second kappa shape index (κ2) is 6.35. The van der Waals surface area contributed by atoms with Crippen molar-refractivity contribution in [3.63, 3.8) is 0 Å². The Hall–Kier alpha value is -1.13. The SMILES string of the molecule is Cc1ccc(C(=O)NC(C)Cc2cccs2)cc1Br. The van der Waals surface area contributed by atoms with E-state index in [1.165, 1.54) is 4.88 Å². The van der Waals surface area contributed by atoms with E-state index in [0.29, 0.717) is 5.56 Å². The number of amides is 1. The molecule has 0 aliphatic carbocycles. The topological polar surface area (TPSA) is 29.1 Å². The lowest BCUT2D eigenvalue weighted by molar-refractivity contribution is 0.0940. The number of halogens is 1. The van der Waals surface area contributed by atoms with Gasteiger partial charge in [-0.05, 0) is 43.0 Å². The van der Waals surface area contributed by atoms with Crippen molar-refractivity contribution in [3.05, 3.63) is 56.2 Å². The average Bonchev–Trinajstić information content (AvgIpc) is 2.85. The smallest absolute Gasteiger partial charge is 0.251 e. The number of benzene rings is 1. The number of carbonyl (C=O) groups excluding carboxylic acids is 1. The zero-order chi connectivity index (χ0) is 13.8. The molecule has 1 heterocycles. The number of rotatable bonds is 4. The van der Waals surface area contributed by atoms with Crippen LogP contribution in [0.1, 0.15) is 27.7 Å². The van der Waals surface area contributed by atoms with Gasteiger partial charge in [-0.15, -0.1) is 11.3 Å². The second-order valence-corrected chi connectivity index (χ2v) is 6.51. The fourth-order valence-electron chi connectivity index (χ4n) is 1.82. The molecule has 0 saturated carbocycles. The summed E-state index contributed by atoms with van der Waals surface area (Å²) in [5.74, 6) is -0.0234. The molecule has 100 valence electrons. The summed E-state index contributed by atoms with van der Waals surface area (Å²) in [7, 11) is 0. The summed E-state index contributed by atoms with van der Waals surface area (Å²) in [6, 6.07) is 9.92. The molecular weight excluding hydrogens is 322 g/mol. The Kier molecular flexibility index (Phi) is 4.77. The van der Waals surface area contributed by atoms with Crippen LogP contribution >= 0.6 is 27.3 Å². The lowest BCUT2D eigenvalue weighted by atomic mass is 10.1. The van der Waals surface area contributed by atoms with E-state index in [1.54, 1.807) is 11.3 Å². The van der Waals surface area contributed by atoms with Crippen LogP contribution in [0, 0.1) is 6.92 Å². The van der Waals surface area contributed by atoms with Crippen molar-refractivity contribution < 1.29 is 4.79 Å². The minimum absolute atomic E-state index is 0.0234. The molecule has 0 aliphatic heterocycles. The van der Waals surface area contributed by atoms with Gasteiger partial charge in [0.15, 0.2) is 0 Å². The Morgan fingerprint density at radius 2 is 2.21 bits per heavy atom. The van der Waals surface area contributed by atoms with Crippen LogP contribution in [0.25, 0.3) is 0 Å². The first-order chi connectivity index (χ1) is 9.06. The predicted molar refractivity (Wildman–Crippen MR) is 83.8 cm³/mol. The van der Waals surface area contributed by atoms with Gasteiger partial charge in [0, 0.05) is 27.4 Å². The van der Waals surface area contributed by atoms with Gasteiger partial charge >= 0.3 is 0 Å². The van der Waals surface area contributed by atoms with Crippen molar-refractivity contribution in [3.8, 4) is 0 Å². The van der Waals surface area contributed by atoms with Gasteiger partial charge in [-0.3, -0.25) is 4.79 Å². The lowest BCUT2D eigenvalue weighted by Crippen LogP contribution is -2.33. The molecule has 0 radical (unpaired) electrons. The standard InChI is InChI=1S/C15H16BrNOS/c1-10-5-6-12(9-14(10)16)15(18)17-11(2)8-13-4-3-7-19-13/h3-7,9,11H,8H2,1-2H3,(H,17,18). The van der Waals surface area contributed by atoms with E-state index in [4.69, 9.17) is 0 Å². The molecule has 0 spiro atoms. The van der Waals surface area contributed by atoms with Crippen molar-refractivity contribution in [1.82, 2.24) is 5.32 Å². The Balaban J connectivity index is 1.98. The first-order valence-electron chi connectivity index (χ1n) is 6.15. The van der Waals surface area contributed by atoms with Gasteiger partial charge in [-0.2, -0.15) is 0 Å². The summed E-state index contributed by atoms with van der Waals surface area (Å²) in [5.41, 5.74) is 1.82. The van der Waals surface area contributed by atoms with Crippen molar-refractivity contribution in [2.75, 3.05) is 0 Å². The fourth-order valence-corrected chi connectivity index (χ4v) is 3.04. The molecule has 0 saturated heterocycles. The van der Waals surface area contributed by atoms with Crippen LogP contribution in [-0.2, 0) is 6.42 Å². The Labute approximate surface area is 126 Å². The van der Waals surface area contributed by atoms with Crippen LogP contribution in [0.5, 0.6) is 0 Å². The number of hydrogen-bond donors (Lipinski definition) is 1. The van der Waals surface area contributed by atoms with Crippen LogP contribution in [0.4, 0.5) is 0 Å². The Morgan fingerprint density at radius 1 is 1.42 bits per heavy atom. The van der Waals surface area contributed by atoms with Crippen LogP contribution in [0.3, 0.4) is 0 Å². The Morgan fingerprint density at radius 3 is 2.84 bits per heavy atom. The van der Waals surface area contributed by atoms with Crippen LogP contribution < -0.4 is 5.32 Å². The molecule has 1 atom stereocenters. The van der Waals surface area contributed by atoms with E-state index in [-0.39, 0.29) is 11.9 Å². The average molecular weight is 338 g/mol. The third-order valence-corrected chi connectivity index (χ3v) is 4.65. The molecule has 2 aromatic rings. The molecule has 1 aromatic heterocycles. The molecule has 1 aromatic carbocycles. The summed E-state index contributed by atoms with van der Waals surface area (Å²) in [4.78, 5) is 13.4. The molecule has 0 fully saturated rings. The van der Waals surface area contributed by atoms with Gasteiger partial charge in [0.2, 0.25) is 0 Å². The molecule has 2 rings (SSSR count). The maximum Gasteiger partial charge on any atom is 0.251 e. The molecule has 0 aliphatic rings. The molecule has 19 heavy (non-hydrogen) atoms. The highest BCUT2D eigenvalue weighted by atomic mass is 79.9. The maximum atomic E-state index is 12.1. The summed E-state index contributed by atoms with van der Waals surface area (Å²) >= 11 is 5.17. The number of thiophene rings is 1. The first kappa shape index (κ1) is 14.3. The summed E-state index contributed by atoms with van der Waals surface area (Å²) in [6.45, 7) is 4.03. The Bertz CT molecular complexity index is 566.